The predicted octanol–water partition coefficient (Wildman–Crippen LogP) is 1.14. The first-order valence-electron chi connectivity index (χ1n) is 9.42. The maximum atomic E-state index is 10.4. The minimum absolute atomic E-state index is 0.0520. The monoisotopic (exact) mass is 386 g/mol. The van der Waals surface area contributed by atoms with Crippen LogP contribution in [0.5, 0.6) is 0 Å². The molecule has 2 saturated heterocycles. The molecular formula is C20H26N4O4. The number of hydrogen-bond donors (Lipinski definition) is 1. The lowest BCUT2D eigenvalue weighted by atomic mass is 10.3. The number of hydrogen-bond acceptors (Lipinski definition) is 8. The third-order valence-electron chi connectivity index (χ3n) is 4.57. The number of rotatable bonds is 4. The molecule has 4 heterocycles. The summed E-state index contributed by atoms with van der Waals surface area (Å²) < 4.78 is 10.5. The molecular weight excluding hydrogens is 360 g/mol. The van der Waals surface area contributed by atoms with Crippen molar-refractivity contribution in [2.75, 3.05) is 62.4 Å². The Bertz CT molecular complexity index is 712. The molecule has 0 aromatic carbocycles. The van der Waals surface area contributed by atoms with E-state index >= 15 is 0 Å². The van der Waals surface area contributed by atoms with Crippen LogP contribution in [0, 0.1) is 0 Å². The van der Waals surface area contributed by atoms with Gasteiger partial charge in [-0.1, -0.05) is 6.07 Å². The van der Waals surface area contributed by atoms with E-state index < -0.39 is 0 Å². The van der Waals surface area contributed by atoms with Gasteiger partial charge in [0, 0.05) is 44.1 Å². The highest BCUT2D eigenvalue weighted by atomic mass is 16.5. The Labute approximate surface area is 164 Å². The summed E-state index contributed by atoms with van der Waals surface area (Å²) in [6, 6.07) is 7.49. The Morgan fingerprint density at radius 2 is 1.39 bits per heavy atom. The van der Waals surface area contributed by atoms with Crippen LogP contribution in [-0.4, -0.2) is 74.0 Å². The van der Waals surface area contributed by atoms with E-state index in [0.29, 0.717) is 5.56 Å². The first kappa shape index (κ1) is 20.2. The van der Waals surface area contributed by atoms with Gasteiger partial charge in [0.15, 0.2) is 6.29 Å². The van der Waals surface area contributed by atoms with E-state index in [4.69, 9.17) is 14.6 Å². The average Bonchev–Trinajstić information content (AvgIpc) is 2.81. The SMILES string of the molecule is O=Cc1ccc(N2CCOCC2)nc1.OCc1ccc(N2CCOCC2)nc1. The smallest absolute Gasteiger partial charge is 0.151 e. The van der Waals surface area contributed by atoms with E-state index in [9.17, 15) is 4.79 Å². The lowest BCUT2D eigenvalue weighted by molar-refractivity contribution is 0.112. The summed E-state index contributed by atoms with van der Waals surface area (Å²) in [6.07, 6.45) is 4.11. The highest BCUT2D eigenvalue weighted by molar-refractivity contribution is 5.74. The molecule has 0 saturated carbocycles. The summed E-state index contributed by atoms with van der Waals surface area (Å²) in [4.78, 5) is 23.3. The van der Waals surface area contributed by atoms with Crippen LogP contribution in [0.25, 0.3) is 0 Å². The Hall–Kier alpha value is -2.55. The van der Waals surface area contributed by atoms with Crippen molar-refractivity contribution in [2.24, 2.45) is 0 Å². The number of anilines is 2. The quantitative estimate of drug-likeness (QED) is 0.783. The molecule has 0 bridgehead atoms. The Kier molecular flexibility index (Phi) is 7.71. The molecule has 0 atom stereocenters. The van der Waals surface area contributed by atoms with Crippen molar-refractivity contribution in [3.63, 3.8) is 0 Å². The average molecular weight is 386 g/mol. The number of morpholine rings is 2. The van der Waals surface area contributed by atoms with Gasteiger partial charge in [0.1, 0.15) is 11.6 Å². The Morgan fingerprint density at radius 3 is 1.79 bits per heavy atom. The molecule has 2 aromatic heterocycles. The standard InChI is InChI=1S/C10H14N2O2.C10H12N2O2/c2*13-8-9-1-2-10(11-7-9)12-3-5-14-6-4-12/h1-2,7,13H,3-6,8H2;1-2,7-8H,3-6H2. The molecule has 2 fully saturated rings. The molecule has 0 spiro atoms. The topological polar surface area (TPSA) is 88.0 Å². The number of aldehydes is 1. The number of carbonyl (C=O) groups excluding carboxylic acids is 1. The van der Waals surface area contributed by atoms with Crippen molar-refractivity contribution >= 4 is 17.9 Å². The van der Waals surface area contributed by atoms with Crippen LogP contribution in [0.3, 0.4) is 0 Å². The molecule has 0 radical (unpaired) electrons. The number of ether oxygens (including phenoxy) is 2. The van der Waals surface area contributed by atoms with Crippen molar-refractivity contribution in [1.29, 1.82) is 0 Å². The number of pyridine rings is 2. The molecule has 2 aliphatic heterocycles. The molecule has 2 aliphatic rings. The molecule has 1 N–H and O–H groups in total. The van der Waals surface area contributed by atoms with Crippen molar-refractivity contribution in [3.8, 4) is 0 Å². The van der Waals surface area contributed by atoms with E-state index in [-0.39, 0.29) is 6.61 Å². The number of nitrogens with zero attached hydrogens (tertiary/aromatic N) is 4. The summed E-state index contributed by atoms with van der Waals surface area (Å²) in [5, 5.41) is 8.87. The van der Waals surface area contributed by atoms with Gasteiger partial charge in [-0.3, -0.25) is 4.79 Å². The minimum atomic E-state index is 0.0520. The third-order valence-corrected chi connectivity index (χ3v) is 4.57. The van der Waals surface area contributed by atoms with Gasteiger partial charge in [0.05, 0.1) is 33.0 Å². The number of carbonyl (C=O) groups is 1. The maximum Gasteiger partial charge on any atom is 0.151 e. The van der Waals surface area contributed by atoms with Gasteiger partial charge in [0.2, 0.25) is 0 Å². The van der Waals surface area contributed by atoms with E-state index in [1.165, 1.54) is 0 Å². The second-order valence-electron chi connectivity index (χ2n) is 6.45. The molecule has 28 heavy (non-hydrogen) atoms. The number of aliphatic hydroxyl groups is 1. The molecule has 8 heteroatoms. The lowest BCUT2D eigenvalue weighted by Crippen LogP contribution is -2.36. The Morgan fingerprint density at radius 1 is 0.857 bits per heavy atom. The minimum Gasteiger partial charge on any atom is -0.392 e. The second kappa shape index (κ2) is 10.7. The van der Waals surface area contributed by atoms with Crippen molar-refractivity contribution < 1.29 is 19.4 Å². The molecule has 150 valence electrons. The largest absolute Gasteiger partial charge is 0.392 e. The summed E-state index contributed by atoms with van der Waals surface area (Å²) >= 11 is 0. The molecule has 0 amide bonds. The molecule has 2 aromatic rings. The number of aliphatic hydroxyl groups excluding tert-OH is 1. The highest BCUT2D eigenvalue weighted by Gasteiger charge is 2.12. The van der Waals surface area contributed by atoms with Crippen LogP contribution in [-0.2, 0) is 16.1 Å². The van der Waals surface area contributed by atoms with Gasteiger partial charge >= 0.3 is 0 Å². The van der Waals surface area contributed by atoms with Crippen LogP contribution < -0.4 is 9.80 Å². The van der Waals surface area contributed by atoms with Gasteiger partial charge < -0.3 is 24.4 Å². The van der Waals surface area contributed by atoms with Crippen LogP contribution in [0.4, 0.5) is 11.6 Å². The van der Waals surface area contributed by atoms with Gasteiger partial charge in [-0.2, -0.15) is 0 Å². The van der Waals surface area contributed by atoms with Crippen molar-refractivity contribution in [1.82, 2.24) is 9.97 Å². The summed E-state index contributed by atoms with van der Waals surface area (Å²) in [6.45, 7) is 6.61. The van der Waals surface area contributed by atoms with Gasteiger partial charge in [-0.15, -0.1) is 0 Å². The van der Waals surface area contributed by atoms with E-state index in [1.807, 2.05) is 18.2 Å². The molecule has 0 unspecified atom stereocenters. The molecule has 0 aliphatic carbocycles. The zero-order valence-corrected chi connectivity index (χ0v) is 15.9. The first-order chi connectivity index (χ1) is 13.8. The predicted molar refractivity (Wildman–Crippen MR) is 106 cm³/mol. The molecule has 4 rings (SSSR count). The van der Waals surface area contributed by atoms with Gasteiger partial charge in [-0.05, 0) is 23.8 Å². The highest BCUT2D eigenvalue weighted by Crippen LogP contribution is 2.13. The maximum absolute atomic E-state index is 10.4. The fraction of sp³-hybridized carbons (Fsp3) is 0.450. The van der Waals surface area contributed by atoms with E-state index in [2.05, 4.69) is 19.8 Å². The summed E-state index contributed by atoms with van der Waals surface area (Å²) in [5.41, 5.74) is 1.46. The first-order valence-corrected chi connectivity index (χ1v) is 9.42. The second-order valence-corrected chi connectivity index (χ2v) is 6.45. The molecule has 8 nitrogen and oxygen atoms in total. The van der Waals surface area contributed by atoms with E-state index in [0.717, 1.165) is 76.1 Å². The third kappa shape index (κ3) is 5.72. The normalized spacial score (nSPS) is 16.9. The fourth-order valence-corrected chi connectivity index (χ4v) is 2.94. The number of aromatic nitrogens is 2. The summed E-state index contributed by atoms with van der Waals surface area (Å²) in [7, 11) is 0. The van der Waals surface area contributed by atoms with Gasteiger partial charge in [-0.25, -0.2) is 9.97 Å². The van der Waals surface area contributed by atoms with Crippen LogP contribution >= 0.6 is 0 Å². The Balaban J connectivity index is 0.000000161. The van der Waals surface area contributed by atoms with E-state index in [1.54, 1.807) is 18.5 Å². The van der Waals surface area contributed by atoms with Crippen LogP contribution in [0.1, 0.15) is 15.9 Å². The fourth-order valence-electron chi connectivity index (χ4n) is 2.94. The zero-order chi connectivity index (χ0) is 19.6. The lowest BCUT2D eigenvalue weighted by Gasteiger charge is -2.27. The summed E-state index contributed by atoms with van der Waals surface area (Å²) in [5.74, 6) is 1.88. The van der Waals surface area contributed by atoms with Crippen LogP contribution in [0.2, 0.25) is 0 Å². The van der Waals surface area contributed by atoms with Gasteiger partial charge in [0.25, 0.3) is 0 Å². The van der Waals surface area contributed by atoms with Crippen LogP contribution in [0.15, 0.2) is 36.7 Å². The van der Waals surface area contributed by atoms with Crippen molar-refractivity contribution in [2.45, 2.75) is 6.61 Å². The van der Waals surface area contributed by atoms with Crippen molar-refractivity contribution in [3.05, 3.63) is 47.8 Å². The zero-order valence-electron chi connectivity index (χ0n) is 15.9.